The van der Waals surface area contributed by atoms with Crippen molar-refractivity contribution >= 4 is 28.5 Å². The van der Waals surface area contributed by atoms with Crippen molar-refractivity contribution in [2.24, 2.45) is 0 Å². The quantitative estimate of drug-likeness (QED) is 0.812. The molecule has 1 atom stereocenters. The lowest BCUT2D eigenvalue weighted by Crippen LogP contribution is -2.26. The number of amides is 1. The largest absolute Gasteiger partial charge is 0.393 e. The fraction of sp³-hybridized carbons (Fsp3) is 0.417. The van der Waals surface area contributed by atoms with Gasteiger partial charge in [0, 0.05) is 15.7 Å². The Morgan fingerprint density at radius 2 is 2.06 bits per heavy atom. The summed E-state index contributed by atoms with van der Waals surface area (Å²) in [4.78, 5) is 11.6. The maximum atomic E-state index is 11.6. The maximum absolute atomic E-state index is 11.6. The lowest BCUT2D eigenvalue weighted by atomic mass is 10.2. The molecular formula is C12H16INO2. The van der Waals surface area contributed by atoms with Crippen molar-refractivity contribution in [2.75, 3.05) is 6.54 Å². The third kappa shape index (κ3) is 4.49. The van der Waals surface area contributed by atoms with Crippen molar-refractivity contribution in [3.63, 3.8) is 0 Å². The molecule has 0 aromatic heterocycles. The minimum atomic E-state index is -0.322. The molecule has 0 saturated heterocycles. The van der Waals surface area contributed by atoms with Gasteiger partial charge in [-0.2, -0.15) is 0 Å². The number of rotatable bonds is 5. The molecule has 0 radical (unpaired) electrons. The van der Waals surface area contributed by atoms with Gasteiger partial charge in [0.2, 0.25) is 0 Å². The van der Waals surface area contributed by atoms with Crippen LogP contribution in [0.2, 0.25) is 0 Å². The molecule has 1 rings (SSSR count). The number of aliphatic hydroxyl groups excluding tert-OH is 1. The van der Waals surface area contributed by atoms with E-state index in [1.54, 1.807) is 12.1 Å². The minimum Gasteiger partial charge on any atom is -0.393 e. The van der Waals surface area contributed by atoms with Crippen molar-refractivity contribution in [3.8, 4) is 0 Å². The molecule has 2 N–H and O–H groups in total. The predicted molar refractivity (Wildman–Crippen MR) is 72.4 cm³/mol. The second kappa shape index (κ2) is 6.85. The molecule has 0 heterocycles. The Labute approximate surface area is 109 Å². The first-order valence-electron chi connectivity index (χ1n) is 5.35. The van der Waals surface area contributed by atoms with Crippen molar-refractivity contribution in [1.82, 2.24) is 5.32 Å². The number of hydrogen-bond donors (Lipinski definition) is 2. The van der Waals surface area contributed by atoms with Crippen LogP contribution in [0.15, 0.2) is 24.3 Å². The van der Waals surface area contributed by atoms with Gasteiger partial charge < -0.3 is 10.4 Å². The Balaban J connectivity index is 2.38. The summed E-state index contributed by atoms with van der Waals surface area (Å²) < 4.78 is 1.11. The van der Waals surface area contributed by atoms with Gasteiger partial charge in [-0.3, -0.25) is 4.79 Å². The minimum absolute atomic E-state index is 0.0836. The molecule has 0 spiro atoms. The molecule has 0 fully saturated rings. The normalized spacial score (nSPS) is 12.2. The topological polar surface area (TPSA) is 49.3 Å². The summed E-state index contributed by atoms with van der Waals surface area (Å²) in [6.45, 7) is 2.44. The van der Waals surface area contributed by atoms with Crippen LogP contribution < -0.4 is 5.32 Å². The van der Waals surface area contributed by atoms with Gasteiger partial charge in [0.15, 0.2) is 0 Å². The van der Waals surface area contributed by atoms with E-state index in [9.17, 15) is 9.90 Å². The smallest absolute Gasteiger partial charge is 0.251 e. The highest BCUT2D eigenvalue weighted by Crippen LogP contribution is 2.06. The van der Waals surface area contributed by atoms with Gasteiger partial charge in [-0.25, -0.2) is 0 Å². The molecular weight excluding hydrogens is 317 g/mol. The van der Waals surface area contributed by atoms with Crippen molar-refractivity contribution in [1.29, 1.82) is 0 Å². The monoisotopic (exact) mass is 333 g/mol. The van der Waals surface area contributed by atoms with Gasteiger partial charge in [0.25, 0.3) is 5.91 Å². The first-order valence-corrected chi connectivity index (χ1v) is 6.43. The molecule has 3 nitrogen and oxygen atoms in total. The summed E-state index contributed by atoms with van der Waals surface area (Å²) in [5.41, 5.74) is 0.659. The van der Waals surface area contributed by atoms with Gasteiger partial charge in [0.1, 0.15) is 0 Å². The highest BCUT2D eigenvalue weighted by atomic mass is 127. The van der Waals surface area contributed by atoms with E-state index >= 15 is 0 Å². The second-order valence-corrected chi connectivity index (χ2v) is 4.86. The van der Waals surface area contributed by atoms with Gasteiger partial charge in [-0.05, 0) is 59.7 Å². The highest BCUT2D eigenvalue weighted by Gasteiger charge is 2.05. The maximum Gasteiger partial charge on any atom is 0.251 e. The van der Waals surface area contributed by atoms with Gasteiger partial charge >= 0.3 is 0 Å². The van der Waals surface area contributed by atoms with Crippen LogP contribution in [-0.2, 0) is 0 Å². The van der Waals surface area contributed by atoms with E-state index in [2.05, 4.69) is 27.9 Å². The van der Waals surface area contributed by atoms with Crippen LogP contribution in [0.1, 0.15) is 30.1 Å². The zero-order valence-corrected chi connectivity index (χ0v) is 11.4. The highest BCUT2D eigenvalue weighted by molar-refractivity contribution is 14.1. The molecule has 1 aromatic rings. The summed E-state index contributed by atoms with van der Waals surface area (Å²) in [6, 6.07) is 7.40. The first-order chi connectivity index (χ1) is 7.63. The molecule has 0 aliphatic rings. The van der Waals surface area contributed by atoms with Crippen LogP contribution in [0.3, 0.4) is 0 Å². The summed E-state index contributed by atoms with van der Waals surface area (Å²) in [7, 11) is 0. The lowest BCUT2D eigenvalue weighted by molar-refractivity contribution is 0.0942. The third-order valence-electron chi connectivity index (χ3n) is 2.34. The average Bonchev–Trinajstić information content (AvgIpc) is 2.29. The van der Waals surface area contributed by atoms with E-state index in [1.165, 1.54) is 0 Å². The van der Waals surface area contributed by atoms with Crippen LogP contribution in [-0.4, -0.2) is 23.7 Å². The van der Waals surface area contributed by atoms with Crippen molar-refractivity contribution in [2.45, 2.75) is 25.9 Å². The second-order valence-electron chi connectivity index (χ2n) is 3.61. The summed E-state index contributed by atoms with van der Waals surface area (Å²) >= 11 is 2.20. The van der Waals surface area contributed by atoms with Crippen LogP contribution in [0.25, 0.3) is 0 Å². The zero-order chi connectivity index (χ0) is 12.0. The Morgan fingerprint density at radius 3 is 2.62 bits per heavy atom. The molecule has 16 heavy (non-hydrogen) atoms. The van der Waals surface area contributed by atoms with Gasteiger partial charge in [0.05, 0.1) is 6.10 Å². The Morgan fingerprint density at radius 1 is 1.44 bits per heavy atom. The van der Waals surface area contributed by atoms with E-state index in [4.69, 9.17) is 0 Å². The molecule has 0 bridgehead atoms. The molecule has 0 saturated carbocycles. The Bertz CT molecular complexity index is 337. The zero-order valence-electron chi connectivity index (χ0n) is 9.24. The van der Waals surface area contributed by atoms with Gasteiger partial charge in [-0.15, -0.1) is 0 Å². The van der Waals surface area contributed by atoms with E-state index in [-0.39, 0.29) is 12.0 Å². The fourth-order valence-electron chi connectivity index (χ4n) is 1.26. The number of nitrogens with one attached hydrogen (secondary N) is 1. The molecule has 1 aromatic carbocycles. The number of carbonyl (C=O) groups excluding carboxylic acids is 1. The number of hydrogen-bond acceptors (Lipinski definition) is 2. The molecule has 0 aliphatic heterocycles. The van der Waals surface area contributed by atoms with Gasteiger partial charge in [-0.1, -0.05) is 6.92 Å². The van der Waals surface area contributed by atoms with E-state index in [0.717, 1.165) is 9.99 Å². The Kier molecular flexibility index (Phi) is 5.76. The summed E-state index contributed by atoms with van der Waals surface area (Å²) in [5.74, 6) is -0.0836. The number of benzene rings is 1. The van der Waals surface area contributed by atoms with Crippen LogP contribution in [0.4, 0.5) is 0 Å². The molecule has 1 amide bonds. The fourth-order valence-corrected chi connectivity index (χ4v) is 1.62. The third-order valence-corrected chi connectivity index (χ3v) is 3.06. The molecule has 0 aliphatic carbocycles. The molecule has 1 unspecified atom stereocenters. The van der Waals surface area contributed by atoms with E-state index < -0.39 is 0 Å². The predicted octanol–water partition coefficient (Wildman–Crippen LogP) is 2.18. The van der Waals surface area contributed by atoms with E-state index in [0.29, 0.717) is 18.5 Å². The molecule has 4 heteroatoms. The van der Waals surface area contributed by atoms with Crippen LogP contribution in [0, 0.1) is 3.57 Å². The van der Waals surface area contributed by atoms with Crippen molar-refractivity contribution in [3.05, 3.63) is 33.4 Å². The summed E-state index contributed by atoms with van der Waals surface area (Å²) in [6.07, 6.45) is 1.00. The van der Waals surface area contributed by atoms with Crippen molar-refractivity contribution < 1.29 is 9.90 Å². The van der Waals surface area contributed by atoms with Crippen LogP contribution in [0.5, 0.6) is 0 Å². The summed E-state index contributed by atoms with van der Waals surface area (Å²) in [5, 5.41) is 12.1. The SMILES string of the molecule is CCC(O)CCNC(=O)c1ccc(I)cc1. The number of carbonyl (C=O) groups is 1. The van der Waals surface area contributed by atoms with Crippen LogP contribution >= 0.6 is 22.6 Å². The lowest BCUT2D eigenvalue weighted by Gasteiger charge is -2.08. The van der Waals surface area contributed by atoms with E-state index in [1.807, 2.05) is 19.1 Å². The molecule has 88 valence electrons. The standard InChI is InChI=1S/C12H16INO2/c1-2-11(15)7-8-14-12(16)9-3-5-10(13)6-4-9/h3-6,11,15H,2,7-8H2,1H3,(H,14,16). The Hall–Kier alpha value is -0.620. The number of aliphatic hydroxyl groups is 1. The number of halogens is 1. The average molecular weight is 333 g/mol. The first kappa shape index (κ1) is 13.4.